The van der Waals surface area contributed by atoms with Crippen molar-refractivity contribution >= 4 is 23.7 Å². The second-order valence-corrected chi connectivity index (χ2v) is 5.47. The summed E-state index contributed by atoms with van der Waals surface area (Å²) in [7, 11) is 1.53. The van der Waals surface area contributed by atoms with E-state index < -0.39 is 11.9 Å². The van der Waals surface area contributed by atoms with Gasteiger partial charge in [-0.3, -0.25) is 4.79 Å². The van der Waals surface area contributed by atoms with Crippen molar-refractivity contribution in [2.24, 2.45) is 0 Å². The van der Waals surface area contributed by atoms with E-state index in [1.165, 1.54) is 7.11 Å². The number of nitrogens with zero attached hydrogens (tertiary/aromatic N) is 1. The highest BCUT2D eigenvalue weighted by atomic mass is 16.5. The molecule has 0 atom stereocenters. The molecular weight excluding hydrogens is 332 g/mol. The number of hydrogen-bond acceptors (Lipinski definition) is 4. The zero-order valence-corrected chi connectivity index (χ0v) is 14.3. The number of nitrogens with one attached hydrogen (secondary N) is 1. The van der Waals surface area contributed by atoms with Gasteiger partial charge in [0.25, 0.3) is 5.91 Å². The Morgan fingerprint density at radius 3 is 2.58 bits per heavy atom. The molecule has 0 saturated carbocycles. The standard InChI is InChI=1S/C20H18N2O4/c1-3-11-26-17-10-9-14(13-18(17)25-2)12-16-19(23)22(20(24)21-16)15-7-5-4-6-8-15/h3-10,12-13H,1,11H2,2H3,(H,21,24). The fourth-order valence-electron chi connectivity index (χ4n) is 2.56. The molecule has 26 heavy (non-hydrogen) atoms. The van der Waals surface area contributed by atoms with Gasteiger partial charge in [0.1, 0.15) is 12.3 Å². The Kier molecular flexibility index (Phi) is 5.03. The summed E-state index contributed by atoms with van der Waals surface area (Å²) in [5, 5.41) is 2.60. The topological polar surface area (TPSA) is 67.9 Å². The van der Waals surface area contributed by atoms with E-state index in [0.717, 1.165) is 4.90 Å². The van der Waals surface area contributed by atoms with Crippen LogP contribution in [0.15, 0.2) is 66.9 Å². The van der Waals surface area contributed by atoms with Crippen LogP contribution in [0, 0.1) is 0 Å². The van der Waals surface area contributed by atoms with E-state index in [4.69, 9.17) is 9.47 Å². The number of anilines is 1. The van der Waals surface area contributed by atoms with Gasteiger partial charge < -0.3 is 14.8 Å². The van der Waals surface area contributed by atoms with E-state index in [-0.39, 0.29) is 5.70 Å². The Morgan fingerprint density at radius 2 is 1.88 bits per heavy atom. The molecule has 1 fully saturated rings. The summed E-state index contributed by atoms with van der Waals surface area (Å²) < 4.78 is 10.8. The van der Waals surface area contributed by atoms with Crippen molar-refractivity contribution in [1.29, 1.82) is 0 Å². The molecule has 1 saturated heterocycles. The van der Waals surface area contributed by atoms with Crippen LogP contribution in [0.4, 0.5) is 10.5 Å². The molecule has 1 aliphatic rings. The zero-order chi connectivity index (χ0) is 18.5. The highest BCUT2D eigenvalue weighted by Gasteiger charge is 2.34. The van der Waals surface area contributed by atoms with Gasteiger partial charge in [0.2, 0.25) is 0 Å². The zero-order valence-electron chi connectivity index (χ0n) is 14.3. The molecule has 1 heterocycles. The van der Waals surface area contributed by atoms with Crippen molar-refractivity contribution in [1.82, 2.24) is 5.32 Å². The fourth-order valence-corrected chi connectivity index (χ4v) is 2.56. The summed E-state index contributed by atoms with van der Waals surface area (Å²) in [5.41, 5.74) is 1.41. The second kappa shape index (κ2) is 7.57. The fraction of sp³-hybridized carbons (Fsp3) is 0.100. The van der Waals surface area contributed by atoms with Crippen LogP contribution < -0.4 is 19.7 Å². The highest BCUT2D eigenvalue weighted by molar-refractivity contribution is 6.28. The quantitative estimate of drug-likeness (QED) is 0.493. The summed E-state index contributed by atoms with van der Waals surface area (Å²) in [4.78, 5) is 25.9. The number of ether oxygens (including phenoxy) is 2. The number of imide groups is 1. The molecule has 3 amide bonds. The molecule has 0 bridgehead atoms. The van der Waals surface area contributed by atoms with E-state index in [0.29, 0.717) is 29.4 Å². The van der Waals surface area contributed by atoms with Crippen LogP contribution in [0.5, 0.6) is 11.5 Å². The first-order valence-corrected chi connectivity index (χ1v) is 7.98. The van der Waals surface area contributed by atoms with E-state index in [2.05, 4.69) is 11.9 Å². The molecule has 0 spiro atoms. The summed E-state index contributed by atoms with van der Waals surface area (Å²) in [5.74, 6) is 0.687. The molecule has 2 aromatic rings. The molecule has 6 heteroatoms. The lowest BCUT2D eigenvalue weighted by Gasteiger charge is -2.11. The van der Waals surface area contributed by atoms with Crippen molar-refractivity contribution in [3.8, 4) is 11.5 Å². The lowest BCUT2D eigenvalue weighted by Crippen LogP contribution is -2.30. The molecule has 1 N–H and O–H groups in total. The van der Waals surface area contributed by atoms with Gasteiger partial charge in [-0.15, -0.1) is 0 Å². The van der Waals surface area contributed by atoms with Gasteiger partial charge in [0.05, 0.1) is 12.8 Å². The minimum Gasteiger partial charge on any atom is -0.493 e. The SMILES string of the molecule is C=CCOc1ccc(C=C2NC(=O)N(c3ccccc3)C2=O)cc1OC. The number of benzene rings is 2. The van der Waals surface area contributed by atoms with Gasteiger partial charge in [-0.05, 0) is 35.9 Å². The number of rotatable bonds is 6. The highest BCUT2D eigenvalue weighted by Crippen LogP contribution is 2.29. The maximum Gasteiger partial charge on any atom is 0.333 e. The number of hydrogen-bond donors (Lipinski definition) is 1. The average molecular weight is 350 g/mol. The summed E-state index contributed by atoms with van der Waals surface area (Å²) in [6.07, 6.45) is 3.24. The number of methoxy groups -OCH3 is 1. The molecule has 2 aromatic carbocycles. The number of carbonyl (C=O) groups excluding carboxylic acids is 2. The minimum absolute atomic E-state index is 0.195. The first kappa shape index (κ1) is 17.3. The van der Waals surface area contributed by atoms with Crippen LogP contribution in [-0.4, -0.2) is 25.7 Å². The van der Waals surface area contributed by atoms with Crippen LogP contribution in [0.2, 0.25) is 0 Å². The molecule has 6 nitrogen and oxygen atoms in total. The average Bonchev–Trinajstić information content (AvgIpc) is 2.94. The molecule has 0 radical (unpaired) electrons. The molecular formula is C20H18N2O4. The van der Waals surface area contributed by atoms with E-state index in [1.54, 1.807) is 54.6 Å². The number of amides is 3. The smallest absolute Gasteiger partial charge is 0.333 e. The maximum atomic E-state index is 12.6. The Labute approximate surface area is 151 Å². The summed E-state index contributed by atoms with van der Waals surface area (Å²) in [6, 6.07) is 13.5. The van der Waals surface area contributed by atoms with Crippen LogP contribution >= 0.6 is 0 Å². The van der Waals surface area contributed by atoms with Gasteiger partial charge in [0, 0.05) is 0 Å². The van der Waals surface area contributed by atoms with Crippen LogP contribution in [0.1, 0.15) is 5.56 Å². The Balaban J connectivity index is 1.87. The third-order valence-corrected chi connectivity index (χ3v) is 3.75. The maximum absolute atomic E-state index is 12.6. The van der Waals surface area contributed by atoms with Gasteiger partial charge in [0.15, 0.2) is 11.5 Å². The number of para-hydroxylation sites is 1. The summed E-state index contributed by atoms with van der Waals surface area (Å²) >= 11 is 0. The number of carbonyl (C=O) groups is 2. The van der Waals surface area contributed by atoms with Gasteiger partial charge in [-0.25, -0.2) is 9.69 Å². The Morgan fingerprint density at radius 1 is 1.12 bits per heavy atom. The van der Waals surface area contributed by atoms with Crippen molar-refractivity contribution in [3.05, 3.63) is 72.4 Å². The van der Waals surface area contributed by atoms with E-state index >= 15 is 0 Å². The van der Waals surface area contributed by atoms with Gasteiger partial charge in [-0.2, -0.15) is 0 Å². The Hall–Kier alpha value is -3.54. The van der Waals surface area contributed by atoms with Crippen LogP contribution in [0.25, 0.3) is 6.08 Å². The minimum atomic E-state index is -0.481. The summed E-state index contributed by atoms with van der Waals surface area (Å²) in [6.45, 7) is 3.97. The van der Waals surface area contributed by atoms with Gasteiger partial charge in [-0.1, -0.05) is 36.9 Å². The van der Waals surface area contributed by atoms with Crippen LogP contribution in [0.3, 0.4) is 0 Å². The first-order valence-electron chi connectivity index (χ1n) is 7.98. The van der Waals surface area contributed by atoms with Crippen molar-refractivity contribution in [2.75, 3.05) is 18.6 Å². The lowest BCUT2D eigenvalue weighted by molar-refractivity contribution is -0.113. The first-order chi connectivity index (χ1) is 12.6. The van der Waals surface area contributed by atoms with E-state index in [1.807, 2.05) is 6.07 Å². The van der Waals surface area contributed by atoms with Gasteiger partial charge >= 0.3 is 6.03 Å². The Bertz CT molecular complexity index is 875. The molecule has 0 aliphatic carbocycles. The molecule has 3 rings (SSSR count). The normalized spacial score (nSPS) is 15.1. The van der Waals surface area contributed by atoms with Crippen LogP contribution in [-0.2, 0) is 4.79 Å². The van der Waals surface area contributed by atoms with E-state index in [9.17, 15) is 9.59 Å². The predicted octanol–water partition coefficient (Wildman–Crippen LogP) is 3.36. The second-order valence-electron chi connectivity index (χ2n) is 5.47. The molecule has 132 valence electrons. The third-order valence-electron chi connectivity index (χ3n) is 3.75. The monoisotopic (exact) mass is 350 g/mol. The molecule has 0 unspecified atom stereocenters. The third kappa shape index (κ3) is 3.44. The van der Waals surface area contributed by atoms with Crippen molar-refractivity contribution < 1.29 is 19.1 Å². The molecule has 1 aliphatic heterocycles. The number of urea groups is 1. The lowest BCUT2D eigenvalue weighted by atomic mass is 10.1. The van der Waals surface area contributed by atoms with Crippen molar-refractivity contribution in [2.45, 2.75) is 0 Å². The largest absolute Gasteiger partial charge is 0.493 e. The van der Waals surface area contributed by atoms with Crippen molar-refractivity contribution in [3.63, 3.8) is 0 Å². The molecule has 0 aromatic heterocycles. The predicted molar refractivity (Wildman–Crippen MR) is 99.1 cm³/mol.